The first-order valence-electron chi connectivity index (χ1n) is 18.1. The normalized spacial score (nSPS) is 11.7. The SMILES string of the molecule is c1ccc(-c2nc(-c3ccc(-n4c5ccccc5c5cc6ccccc6cc54)c(-c4ccccc4)c3)nc(-c3ccc4c(c3)oc3ccccc34)n2)cc1. The van der Waals surface area contributed by atoms with Crippen LogP contribution < -0.4 is 0 Å². The topological polar surface area (TPSA) is 56.7 Å². The maximum absolute atomic E-state index is 6.27. The lowest BCUT2D eigenvalue weighted by Crippen LogP contribution is -2.02. The van der Waals surface area contributed by atoms with Crippen LogP contribution in [-0.4, -0.2) is 19.5 Å². The van der Waals surface area contributed by atoms with Crippen LogP contribution in [0.4, 0.5) is 0 Å². The Morgan fingerprint density at radius 3 is 1.70 bits per heavy atom. The van der Waals surface area contributed by atoms with Crippen molar-refractivity contribution in [3.05, 3.63) is 182 Å². The van der Waals surface area contributed by atoms with Crippen LogP contribution in [0.15, 0.2) is 186 Å². The Labute approximate surface area is 310 Å². The fourth-order valence-electron chi connectivity index (χ4n) is 7.85. The number of aromatic nitrogens is 4. The molecule has 0 bridgehead atoms. The summed E-state index contributed by atoms with van der Waals surface area (Å²) in [6.45, 7) is 0. The van der Waals surface area contributed by atoms with E-state index in [0.717, 1.165) is 66.5 Å². The van der Waals surface area contributed by atoms with Crippen molar-refractivity contribution in [3.63, 3.8) is 0 Å². The predicted octanol–water partition coefficient (Wildman–Crippen LogP) is 12.7. The van der Waals surface area contributed by atoms with Gasteiger partial charge in [0.15, 0.2) is 17.5 Å². The van der Waals surface area contributed by atoms with Crippen molar-refractivity contribution in [3.8, 4) is 51.0 Å². The van der Waals surface area contributed by atoms with E-state index < -0.39 is 0 Å². The maximum atomic E-state index is 6.27. The largest absolute Gasteiger partial charge is 0.456 e. The summed E-state index contributed by atoms with van der Waals surface area (Å²) >= 11 is 0. The minimum Gasteiger partial charge on any atom is -0.456 e. The molecule has 0 aliphatic carbocycles. The Morgan fingerprint density at radius 1 is 0.352 bits per heavy atom. The number of rotatable bonds is 5. The number of nitrogens with zero attached hydrogens (tertiary/aromatic N) is 4. The van der Waals surface area contributed by atoms with E-state index in [1.807, 2.05) is 54.6 Å². The lowest BCUT2D eigenvalue weighted by molar-refractivity contribution is 0.669. The summed E-state index contributed by atoms with van der Waals surface area (Å²) in [4.78, 5) is 15.3. The van der Waals surface area contributed by atoms with Crippen molar-refractivity contribution in [2.75, 3.05) is 0 Å². The molecule has 11 rings (SSSR count). The highest BCUT2D eigenvalue weighted by molar-refractivity contribution is 6.14. The standard InChI is InChI=1S/C49H30N4O/c1-3-13-31(14-4-1)40-28-35(24-26-43(40)53-42-21-11-9-19-37(42)41-27-33-17-7-8-18-34(33)29-44(41)53)48-50-47(32-15-5-2-6-16-32)51-49(52-48)36-23-25-39-38-20-10-12-22-45(38)54-46(39)30-36/h1-30H. The number of para-hydroxylation sites is 2. The van der Waals surface area contributed by atoms with Crippen LogP contribution in [0.2, 0.25) is 0 Å². The molecule has 11 aromatic rings. The van der Waals surface area contributed by atoms with Gasteiger partial charge in [-0.3, -0.25) is 0 Å². The van der Waals surface area contributed by atoms with Crippen molar-refractivity contribution in [1.29, 1.82) is 0 Å². The molecule has 0 aliphatic heterocycles. The molecule has 0 N–H and O–H groups in total. The second kappa shape index (κ2) is 12.1. The Balaban J connectivity index is 1.14. The van der Waals surface area contributed by atoms with Crippen LogP contribution in [0.25, 0.3) is 105 Å². The molecule has 3 aromatic heterocycles. The molecule has 0 aliphatic rings. The van der Waals surface area contributed by atoms with Gasteiger partial charge >= 0.3 is 0 Å². The molecule has 0 amide bonds. The van der Waals surface area contributed by atoms with Crippen molar-refractivity contribution in [2.24, 2.45) is 0 Å². The number of furan rings is 1. The van der Waals surface area contributed by atoms with E-state index in [0.29, 0.717) is 17.5 Å². The minimum absolute atomic E-state index is 0.584. The van der Waals surface area contributed by atoms with Gasteiger partial charge in [-0.2, -0.15) is 0 Å². The third kappa shape index (κ3) is 4.90. The van der Waals surface area contributed by atoms with Crippen LogP contribution >= 0.6 is 0 Å². The van der Waals surface area contributed by atoms with Crippen molar-refractivity contribution >= 4 is 54.5 Å². The zero-order chi connectivity index (χ0) is 35.6. The molecular formula is C49H30N4O. The molecule has 8 aromatic carbocycles. The van der Waals surface area contributed by atoms with Crippen molar-refractivity contribution in [1.82, 2.24) is 19.5 Å². The number of hydrogen-bond donors (Lipinski definition) is 0. The van der Waals surface area contributed by atoms with E-state index in [9.17, 15) is 0 Å². The first-order valence-corrected chi connectivity index (χ1v) is 18.1. The van der Waals surface area contributed by atoms with Gasteiger partial charge in [0.05, 0.1) is 16.7 Å². The summed E-state index contributed by atoms with van der Waals surface area (Å²) in [6.07, 6.45) is 0. The van der Waals surface area contributed by atoms with Gasteiger partial charge in [-0.05, 0) is 70.9 Å². The Morgan fingerprint density at radius 2 is 0.926 bits per heavy atom. The molecule has 252 valence electrons. The zero-order valence-electron chi connectivity index (χ0n) is 29.0. The van der Waals surface area contributed by atoms with E-state index in [4.69, 9.17) is 19.4 Å². The molecule has 0 atom stereocenters. The van der Waals surface area contributed by atoms with Crippen LogP contribution in [0, 0.1) is 0 Å². The summed E-state index contributed by atoms with van der Waals surface area (Å²) in [5.41, 5.74) is 9.92. The first-order chi connectivity index (χ1) is 26.7. The van der Waals surface area contributed by atoms with Crippen molar-refractivity contribution in [2.45, 2.75) is 0 Å². The van der Waals surface area contributed by atoms with Gasteiger partial charge in [0.25, 0.3) is 0 Å². The predicted molar refractivity (Wildman–Crippen MR) is 221 cm³/mol. The summed E-state index contributed by atoms with van der Waals surface area (Å²) in [6, 6.07) is 63.5. The quantitative estimate of drug-likeness (QED) is 0.180. The van der Waals surface area contributed by atoms with Crippen LogP contribution in [0.1, 0.15) is 0 Å². The summed E-state index contributed by atoms with van der Waals surface area (Å²) in [7, 11) is 0. The maximum Gasteiger partial charge on any atom is 0.164 e. The van der Waals surface area contributed by atoms with E-state index in [1.165, 1.54) is 21.5 Å². The molecule has 0 saturated heterocycles. The monoisotopic (exact) mass is 690 g/mol. The molecule has 3 heterocycles. The number of benzene rings is 8. The molecule has 5 heteroatoms. The van der Waals surface area contributed by atoms with E-state index >= 15 is 0 Å². The van der Waals surface area contributed by atoms with Gasteiger partial charge in [-0.25, -0.2) is 15.0 Å². The fraction of sp³-hybridized carbons (Fsp3) is 0. The third-order valence-electron chi connectivity index (χ3n) is 10.4. The van der Waals surface area contributed by atoms with Crippen LogP contribution in [0.3, 0.4) is 0 Å². The molecular weight excluding hydrogens is 661 g/mol. The molecule has 0 saturated carbocycles. The van der Waals surface area contributed by atoms with Gasteiger partial charge in [0.2, 0.25) is 0 Å². The van der Waals surface area contributed by atoms with Crippen LogP contribution in [-0.2, 0) is 0 Å². The molecule has 54 heavy (non-hydrogen) atoms. The first kappa shape index (κ1) is 30.3. The molecule has 0 radical (unpaired) electrons. The number of hydrogen-bond acceptors (Lipinski definition) is 4. The minimum atomic E-state index is 0.584. The second-order valence-electron chi connectivity index (χ2n) is 13.6. The average Bonchev–Trinajstić information content (AvgIpc) is 3.78. The highest BCUT2D eigenvalue weighted by Crippen LogP contribution is 2.40. The van der Waals surface area contributed by atoms with Gasteiger partial charge < -0.3 is 8.98 Å². The Bertz CT molecular complexity index is 3220. The molecule has 0 unspecified atom stereocenters. The Kier molecular flexibility index (Phi) is 6.79. The fourth-order valence-corrected chi connectivity index (χ4v) is 7.85. The van der Waals surface area contributed by atoms with Crippen molar-refractivity contribution < 1.29 is 4.42 Å². The van der Waals surface area contributed by atoms with Gasteiger partial charge in [-0.1, -0.05) is 127 Å². The van der Waals surface area contributed by atoms with Gasteiger partial charge in [0, 0.05) is 43.8 Å². The van der Waals surface area contributed by atoms with E-state index in [2.05, 4.69) is 132 Å². The lowest BCUT2D eigenvalue weighted by Gasteiger charge is -2.16. The third-order valence-corrected chi connectivity index (χ3v) is 10.4. The van der Waals surface area contributed by atoms with E-state index in [-0.39, 0.29) is 0 Å². The highest BCUT2D eigenvalue weighted by atomic mass is 16.3. The second-order valence-corrected chi connectivity index (χ2v) is 13.6. The zero-order valence-corrected chi connectivity index (χ0v) is 29.0. The highest BCUT2D eigenvalue weighted by Gasteiger charge is 2.20. The summed E-state index contributed by atoms with van der Waals surface area (Å²) in [5, 5.41) is 7.03. The molecule has 5 nitrogen and oxygen atoms in total. The summed E-state index contributed by atoms with van der Waals surface area (Å²) < 4.78 is 8.67. The molecule has 0 fully saturated rings. The van der Waals surface area contributed by atoms with Gasteiger partial charge in [0.1, 0.15) is 11.2 Å². The average molecular weight is 691 g/mol. The smallest absolute Gasteiger partial charge is 0.164 e. The van der Waals surface area contributed by atoms with E-state index in [1.54, 1.807) is 0 Å². The Hall–Kier alpha value is -7.37. The lowest BCUT2D eigenvalue weighted by atomic mass is 10.00. The molecule has 0 spiro atoms. The van der Waals surface area contributed by atoms with Gasteiger partial charge in [-0.15, -0.1) is 0 Å². The summed E-state index contributed by atoms with van der Waals surface area (Å²) in [5.74, 6) is 1.79. The van der Waals surface area contributed by atoms with Crippen LogP contribution in [0.5, 0.6) is 0 Å². The number of fused-ring (bicyclic) bond motifs is 7.